The van der Waals surface area contributed by atoms with Crippen LogP contribution < -0.4 is 5.32 Å². The highest BCUT2D eigenvalue weighted by molar-refractivity contribution is 5.20. The van der Waals surface area contributed by atoms with Crippen LogP contribution in [-0.4, -0.2) is 22.4 Å². The second kappa shape index (κ2) is 6.90. The van der Waals surface area contributed by atoms with Crippen molar-refractivity contribution in [2.24, 2.45) is 7.05 Å². The van der Waals surface area contributed by atoms with Gasteiger partial charge in [-0.3, -0.25) is 4.68 Å². The average molecular weight is 283 g/mol. The van der Waals surface area contributed by atoms with Gasteiger partial charge < -0.3 is 5.32 Å². The van der Waals surface area contributed by atoms with Crippen molar-refractivity contribution in [3.8, 4) is 0 Å². The quantitative estimate of drug-likeness (QED) is 0.912. The molecule has 21 heavy (non-hydrogen) atoms. The molecule has 1 aliphatic rings. The summed E-state index contributed by atoms with van der Waals surface area (Å²) < 4.78 is 1.88. The van der Waals surface area contributed by atoms with Crippen molar-refractivity contribution in [3.63, 3.8) is 0 Å². The molecular weight excluding hydrogens is 258 g/mol. The summed E-state index contributed by atoms with van der Waals surface area (Å²) in [5.74, 6) is 0.764. The first kappa shape index (κ1) is 14.3. The number of nitrogens with one attached hydrogen (secondary N) is 1. The molecule has 1 saturated carbocycles. The topological polar surface area (TPSA) is 29.9 Å². The van der Waals surface area contributed by atoms with Gasteiger partial charge in [0.2, 0.25) is 0 Å². The van der Waals surface area contributed by atoms with Gasteiger partial charge in [-0.25, -0.2) is 0 Å². The standard InChI is InChI=1S/C18H25N3/c1-21-14-12-18(20-21)11-13-19-17-9-7-16(8-10-17)15-5-3-2-4-6-15/h2-6,12,14,16-17,19H,7-11,13H2,1H3. The van der Waals surface area contributed by atoms with E-state index in [1.54, 1.807) is 0 Å². The zero-order chi connectivity index (χ0) is 14.5. The average Bonchev–Trinajstić information content (AvgIpc) is 2.94. The van der Waals surface area contributed by atoms with Crippen LogP contribution in [0.15, 0.2) is 42.6 Å². The molecule has 0 unspecified atom stereocenters. The molecule has 1 heterocycles. The van der Waals surface area contributed by atoms with Crippen LogP contribution in [0.25, 0.3) is 0 Å². The molecule has 0 spiro atoms. The molecule has 0 atom stereocenters. The number of hydrogen-bond acceptors (Lipinski definition) is 2. The van der Waals surface area contributed by atoms with Gasteiger partial charge in [0.05, 0.1) is 5.69 Å². The Hall–Kier alpha value is -1.61. The summed E-state index contributed by atoms with van der Waals surface area (Å²) >= 11 is 0. The fourth-order valence-corrected chi connectivity index (χ4v) is 3.36. The fraction of sp³-hybridized carbons (Fsp3) is 0.500. The summed E-state index contributed by atoms with van der Waals surface area (Å²) in [7, 11) is 1.97. The predicted octanol–water partition coefficient (Wildman–Crippen LogP) is 3.28. The smallest absolute Gasteiger partial charge is 0.0637 e. The van der Waals surface area contributed by atoms with Gasteiger partial charge in [-0.15, -0.1) is 0 Å². The van der Waals surface area contributed by atoms with Crippen molar-refractivity contribution in [1.29, 1.82) is 0 Å². The van der Waals surface area contributed by atoms with Crippen molar-refractivity contribution in [1.82, 2.24) is 15.1 Å². The lowest BCUT2D eigenvalue weighted by atomic mass is 9.82. The van der Waals surface area contributed by atoms with Gasteiger partial charge >= 0.3 is 0 Å². The van der Waals surface area contributed by atoms with Gasteiger partial charge in [-0.05, 0) is 43.2 Å². The van der Waals surface area contributed by atoms with E-state index in [0.717, 1.165) is 18.9 Å². The third kappa shape index (κ3) is 3.94. The van der Waals surface area contributed by atoms with E-state index >= 15 is 0 Å². The monoisotopic (exact) mass is 283 g/mol. The number of hydrogen-bond donors (Lipinski definition) is 1. The van der Waals surface area contributed by atoms with Crippen LogP contribution in [0, 0.1) is 0 Å². The van der Waals surface area contributed by atoms with E-state index in [0.29, 0.717) is 6.04 Å². The Labute approximate surface area is 127 Å². The van der Waals surface area contributed by atoms with Crippen LogP contribution in [0.4, 0.5) is 0 Å². The molecule has 3 heteroatoms. The minimum Gasteiger partial charge on any atom is -0.314 e. The SMILES string of the molecule is Cn1ccc(CCNC2CCC(c3ccccc3)CC2)n1. The first-order chi connectivity index (χ1) is 10.3. The second-order valence-electron chi connectivity index (χ2n) is 6.14. The Morgan fingerprint density at radius 2 is 1.86 bits per heavy atom. The highest BCUT2D eigenvalue weighted by Crippen LogP contribution is 2.32. The molecule has 1 N–H and O–H groups in total. The number of nitrogens with zero attached hydrogens (tertiary/aromatic N) is 2. The molecule has 2 aromatic rings. The first-order valence-electron chi connectivity index (χ1n) is 8.08. The van der Waals surface area contributed by atoms with Crippen LogP contribution in [0.2, 0.25) is 0 Å². The highest BCUT2D eigenvalue weighted by atomic mass is 15.2. The Balaban J connectivity index is 1.40. The summed E-state index contributed by atoms with van der Waals surface area (Å²) in [6.07, 6.45) is 8.25. The molecule has 1 aromatic heterocycles. The molecule has 1 aromatic carbocycles. The predicted molar refractivity (Wildman–Crippen MR) is 86.4 cm³/mol. The number of aryl methyl sites for hydroxylation is 1. The van der Waals surface area contributed by atoms with Crippen LogP contribution >= 0.6 is 0 Å². The van der Waals surface area contributed by atoms with Crippen LogP contribution in [0.3, 0.4) is 0 Å². The summed E-state index contributed by atoms with van der Waals surface area (Å²) in [5, 5.41) is 8.12. The van der Waals surface area contributed by atoms with Crippen molar-refractivity contribution >= 4 is 0 Å². The maximum Gasteiger partial charge on any atom is 0.0637 e. The van der Waals surface area contributed by atoms with Gasteiger partial charge in [0.15, 0.2) is 0 Å². The van der Waals surface area contributed by atoms with Gasteiger partial charge in [0.1, 0.15) is 0 Å². The summed E-state index contributed by atoms with van der Waals surface area (Å²) in [5.41, 5.74) is 2.70. The highest BCUT2D eigenvalue weighted by Gasteiger charge is 2.21. The molecule has 3 rings (SSSR count). The van der Waals surface area contributed by atoms with E-state index in [-0.39, 0.29) is 0 Å². The van der Waals surface area contributed by atoms with Crippen molar-refractivity contribution in [3.05, 3.63) is 53.9 Å². The van der Waals surface area contributed by atoms with Gasteiger partial charge in [-0.1, -0.05) is 30.3 Å². The van der Waals surface area contributed by atoms with Crippen LogP contribution in [0.1, 0.15) is 42.9 Å². The Kier molecular flexibility index (Phi) is 4.71. The number of benzene rings is 1. The molecule has 0 bridgehead atoms. The van der Waals surface area contributed by atoms with E-state index in [1.165, 1.54) is 36.9 Å². The zero-order valence-corrected chi connectivity index (χ0v) is 12.8. The lowest BCUT2D eigenvalue weighted by Gasteiger charge is -2.29. The third-order valence-corrected chi connectivity index (χ3v) is 4.58. The van der Waals surface area contributed by atoms with Crippen molar-refractivity contribution < 1.29 is 0 Å². The van der Waals surface area contributed by atoms with Gasteiger partial charge in [0.25, 0.3) is 0 Å². The van der Waals surface area contributed by atoms with Crippen LogP contribution in [0.5, 0.6) is 0 Å². The van der Waals surface area contributed by atoms with E-state index in [2.05, 4.69) is 46.8 Å². The zero-order valence-electron chi connectivity index (χ0n) is 12.8. The first-order valence-corrected chi connectivity index (χ1v) is 8.08. The largest absolute Gasteiger partial charge is 0.314 e. The maximum atomic E-state index is 4.42. The summed E-state index contributed by atoms with van der Waals surface area (Å²) in [4.78, 5) is 0. The number of rotatable bonds is 5. The van der Waals surface area contributed by atoms with Crippen molar-refractivity contribution in [2.75, 3.05) is 6.54 Å². The third-order valence-electron chi connectivity index (χ3n) is 4.58. The molecule has 0 saturated heterocycles. The molecular formula is C18H25N3. The molecule has 0 aliphatic heterocycles. The fourth-order valence-electron chi connectivity index (χ4n) is 3.36. The van der Waals surface area contributed by atoms with E-state index in [9.17, 15) is 0 Å². The Bertz CT molecular complexity index is 539. The minimum absolute atomic E-state index is 0.689. The van der Waals surface area contributed by atoms with E-state index in [4.69, 9.17) is 0 Å². The Morgan fingerprint density at radius 3 is 2.52 bits per heavy atom. The van der Waals surface area contributed by atoms with Crippen LogP contribution in [-0.2, 0) is 13.5 Å². The summed E-state index contributed by atoms with van der Waals surface area (Å²) in [6, 6.07) is 13.8. The maximum absolute atomic E-state index is 4.42. The molecule has 0 amide bonds. The lowest BCUT2D eigenvalue weighted by molar-refractivity contribution is 0.344. The molecule has 1 fully saturated rings. The molecule has 1 aliphatic carbocycles. The molecule has 0 radical (unpaired) electrons. The van der Waals surface area contributed by atoms with Crippen molar-refractivity contribution in [2.45, 2.75) is 44.1 Å². The second-order valence-corrected chi connectivity index (χ2v) is 6.14. The Morgan fingerprint density at radius 1 is 1.10 bits per heavy atom. The summed E-state index contributed by atoms with van der Waals surface area (Å²) in [6.45, 7) is 1.04. The van der Waals surface area contributed by atoms with Gasteiger partial charge in [-0.2, -0.15) is 5.10 Å². The van der Waals surface area contributed by atoms with E-state index < -0.39 is 0 Å². The van der Waals surface area contributed by atoms with E-state index in [1.807, 2.05) is 17.9 Å². The number of aromatic nitrogens is 2. The molecule has 112 valence electrons. The molecule has 3 nitrogen and oxygen atoms in total. The lowest BCUT2D eigenvalue weighted by Crippen LogP contribution is -2.34. The van der Waals surface area contributed by atoms with Gasteiger partial charge in [0, 0.05) is 32.3 Å². The minimum atomic E-state index is 0.689. The normalized spacial score (nSPS) is 22.3.